The van der Waals surface area contributed by atoms with Crippen LogP contribution in [0.15, 0.2) is 0 Å². The topological polar surface area (TPSA) is 61.7 Å². The van der Waals surface area contributed by atoms with Gasteiger partial charge in [0.05, 0.1) is 19.3 Å². The summed E-state index contributed by atoms with van der Waals surface area (Å²) in [6, 6.07) is 0. The van der Waals surface area contributed by atoms with Crippen molar-refractivity contribution in [2.75, 3.05) is 32.9 Å². The van der Waals surface area contributed by atoms with Crippen molar-refractivity contribution in [2.24, 2.45) is 5.92 Å². The van der Waals surface area contributed by atoms with E-state index >= 15 is 0 Å². The first kappa shape index (κ1) is 10.9. The molecule has 0 radical (unpaired) electrons. The van der Waals surface area contributed by atoms with Crippen LogP contribution in [0.5, 0.6) is 0 Å². The second kappa shape index (κ2) is 6.32. The minimum Gasteiger partial charge on any atom is -0.394 e. The molecule has 1 rings (SSSR count). The highest BCUT2D eigenvalue weighted by molar-refractivity contribution is 4.71. The van der Waals surface area contributed by atoms with Gasteiger partial charge in [0.1, 0.15) is 0 Å². The molecule has 1 aliphatic carbocycles. The number of ether oxygens (including phenoxy) is 1. The van der Waals surface area contributed by atoms with Crippen molar-refractivity contribution < 1.29 is 14.9 Å². The van der Waals surface area contributed by atoms with E-state index in [1.807, 2.05) is 0 Å². The Hall–Kier alpha value is -0.160. The number of aliphatic hydroxyl groups is 2. The molecule has 0 aromatic heterocycles. The molecule has 4 heteroatoms. The summed E-state index contributed by atoms with van der Waals surface area (Å²) in [7, 11) is 0. The third kappa shape index (κ3) is 5.99. The summed E-state index contributed by atoms with van der Waals surface area (Å²) in [4.78, 5) is 0. The minimum absolute atomic E-state index is 0.185. The molecule has 1 atom stereocenters. The smallest absolute Gasteiger partial charge is 0.0894 e. The van der Waals surface area contributed by atoms with Gasteiger partial charge in [-0.3, -0.25) is 0 Å². The van der Waals surface area contributed by atoms with Gasteiger partial charge in [0.25, 0.3) is 0 Å². The summed E-state index contributed by atoms with van der Waals surface area (Å²) in [5, 5.41) is 20.5. The Morgan fingerprint density at radius 2 is 2.23 bits per heavy atom. The van der Waals surface area contributed by atoms with Gasteiger partial charge in [-0.05, 0) is 18.8 Å². The Kier molecular flexibility index (Phi) is 5.31. The zero-order chi connectivity index (χ0) is 9.52. The average Bonchev–Trinajstić information content (AvgIpc) is 2.94. The van der Waals surface area contributed by atoms with Crippen LogP contribution in [-0.2, 0) is 4.74 Å². The summed E-state index contributed by atoms with van der Waals surface area (Å²) < 4.78 is 5.37. The number of nitrogens with one attached hydrogen (secondary N) is 1. The fourth-order valence-corrected chi connectivity index (χ4v) is 1.01. The summed E-state index contributed by atoms with van der Waals surface area (Å²) in [6.07, 6.45) is 1.98. The molecular weight excluding hydrogens is 170 g/mol. The molecule has 1 saturated carbocycles. The monoisotopic (exact) mass is 189 g/mol. The van der Waals surface area contributed by atoms with Crippen LogP contribution in [0.25, 0.3) is 0 Å². The molecule has 0 aromatic carbocycles. The molecule has 4 nitrogen and oxygen atoms in total. The normalized spacial score (nSPS) is 18.9. The fourth-order valence-electron chi connectivity index (χ4n) is 1.01. The van der Waals surface area contributed by atoms with Gasteiger partial charge < -0.3 is 20.3 Å². The molecule has 1 unspecified atom stereocenters. The molecule has 0 amide bonds. The summed E-state index contributed by atoms with van der Waals surface area (Å²) in [6.45, 7) is 2.56. The molecule has 1 fully saturated rings. The quantitative estimate of drug-likeness (QED) is 0.444. The van der Waals surface area contributed by atoms with Crippen LogP contribution in [0, 0.1) is 5.92 Å². The van der Waals surface area contributed by atoms with E-state index in [-0.39, 0.29) is 6.61 Å². The Labute approximate surface area is 78.9 Å². The van der Waals surface area contributed by atoms with Crippen LogP contribution in [0.1, 0.15) is 12.8 Å². The van der Waals surface area contributed by atoms with Gasteiger partial charge in [0, 0.05) is 19.7 Å². The van der Waals surface area contributed by atoms with E-state index in [0.717, 1.165) is 19.1 Å². The van der Waals surface area contributed by atoms with E-state index in [9.17, 15) is 0 Å². The van der Waals surface area contributed by atoms with Crippen molar-refractivity contribution in [3.05, 3.63) is 0 Å². The Balaban J connectivity index is 1.72. The van der Waals surface area contributed by atoms with E-state index in [2.05, 4.69) is 5.32 Å². The second-order valence-electron chi connectivity index (χ2n) is 3.56. The molecule has 0 spiro atoms. The van der Waals surface area contributed by atoms with Crippen LogP contribution >= 0.6 is 0 Å². The number of hydrogen-bond donors (Lipinski definition) is 3. The molecule has 3 N–H and O–H groups in total. The van der Waals surface area contributed by atoms with E-state index in [1.54, 1.807) is 0 Å². The average molecular weight is 189 g/mol. The molecular formula is C9H19NO3. The lowest BCUT2D eigenvalue weighted by molar-refractivity contribution is 0.0877. The summed E-state index contributed by atoms with van der Waals surface area (Å²) >= 11 is 0. The van der Waals surface area contributed by atoms with Crippen LogP contribution in [-0.4, -0.2) is 49.2 Å². The van der Waals surface area contributed by atoms with Crippen molar-refractivity contribution in [1.29, 1.82) is 0 Å². The van der Waals surface area contributed by atoms with Gasteiger partial charge in [0.2, 0.25) is 0 Å². The molecule has 0 aromatic rings. The second-order valence-corrected chi connectivity index (χ2v) is 3.56. The van der Waals surface area contributed by atoms with Crippen molar-refractivity contribution in [1.82, 2.24) is 5.32 Å². The zero-order valence-corrected chi connectivity index (χ0v) is 7.91. The number of rotatable bonds is 8. The van der Waals surface area contributed by atoms with Crippen molar-refractivity contribution in [3.63, 3.8) is 0 Å². The maximum atomic E-state index is 8.96. The molecule has 78 valence electrons. The standard InChI is InChI=1S/C9H19NO3/c11-6-9(12)5-10-3-4-13-7-8-1-2-8/h8-12H,1-7H2. The van der Waals surface area contributed by atoms with Crippen LogP contribution in [0.4, 0.5) is 0 Å². The molecule has 0 aliphatic heterocycles. The van der Waals surface area contributed by atoms with Gasteiger partial charge >= 0.3 is 0 Å². The molecule has 1 aliphatic rings. The highest BCUT2D eigenvalue weighted by Crippen LogP contribution is 2.28. The maximum absolute atomic E-state index is 8.96. The van der Waals surface area contributed by atoms with Gasteiger partial charge in [-0.15, -0.1) is 0 Å². The molecule has 0 saturated heterocycles. The lowest BCUT2D eigenvalue weighted by Crippen LogP contribution is -2.31. The largest absolute Gasteiger partial charge is 0.394 e. The van der Waals surface area contributed by atoms with Crippen LogP contribution < -0.4 is 5.32 Å². The van der Waals surface area contributed by atoms with Gasteiger partial charge in [-0.1, -0.05) is 0 Å². The van der Waals surface area contributed by atoms with Gasteiger partial charge in [0.15, 0.2) is 0 Å². The first-order chi connectivity index (χ1) is 6.33. The lowest BCUT2D eigenvalue weighted by Gasteiger charge is -2.08. The third-order valence-electron chi connectivity index (χ3n) is 2.06. The van der Waals surface area contributed by atoms with Crippen LogP contribution in [0.2, 0.25) is 0 Å². The summed E-state index contributed by atoms with van der Waals surface area (Å²) in [5.41, 5.74) is 0. The van der Waals surface area contributed by atoms with Crippen LogP contribution in [0.3, 0.4) is 0 Å². The lowest BCUT2D eigenvalue weighted by atomic mass is 10.4. The van der Waals surface area contributed by atoms with Gasteiger partial charge in [-0.2, -0.15) is 0 Å². The molecule has 13 heavy (non-hydrogen) atoms. The first-order valence-corrected chi connectivity index (χ1v) is 4.90. The molecule has 0 bridgehead atoms. The Morgan fingerprint density at radius 1 is 1.46 bits per heavy atom. The van der Waals surface area contributed by atoms with E-state index in [0.29, 0.717) is 13.2 Å². The van der Waals surface area contributed by atoms with E-state index in [4.69, 9.17) is 14.9 Å². The SMILES string of the molecule is OCC(O)CNCCOCC1CC1. The van der Waals surface area contributed by atoms with Gasteiger partial charge in [-0.25, -0.2) is 0 Å². The fraction of sp³-hybridized carbons (Fsp3) is 1.00. The number of aliphatic hydroxyl groups excluding tert-OH is 2. The van der Waals surface area contributed by atoms with Crippen molar-refractivity contribution >= 4 is 0 Å². The van der Waals surface area contributed by atoms with Crippen molar-refractivity contribution in [3.8, 4) is 0 Å². The van der Waals surface area contributed by atoms with E-state index in [1.165, 1.54) is 12.8 Å². The Morgan fingerprint density at radius 3 is 2.85 bits per heavy atom. The predicted octanol–water partition coefficient (Wildman–Crippen LogP) is -0.644. The van der Waals surface area contributed by atoms with Crippen molar-refractivity contribution in [2.45, 2.75) is 18.9 Å². The minimum atomic E-state index is -0.650. The first-order valence-electron chi connectivity index (χ1n) is 4.90. The maximum Gasteiger partial charge on any atom is 0.0894 e. The third-order valence-corrected chi connectivity index (χ3v) is 2.06. The highest BCUT2D eigenvalue weighted by atomic mass is 16.5. The van der Waals surface area contributed by atoms with E-state index < -0.39 is 6.10 Å². The predicted molar refractivity (Wildman–Crippen MR) is 49.5 cm³/mol. The number of hydrogen-bond acceptors (Lipinski definition) is 4. The highest BCUT2D eigenvalue weighted by Gasteiger charge is 2.20. The molecule has 0 heterocycles. The summed E-state index contributed by atoms with van der Waals surface area (Å²) in [5.74, 6) is 0.808. The zero-order valence-electron chi connectivity index (χ0n) is 7.91. The Bertz CT molecular complexity index is 128.